The fraction of sp³-hybridized carbons (Fsp3) is 1.00. The van der Waals surface area contributed by atoms with Gasteiger partial charge in [-0.15, -0.1) is 0 Å². The van der Waals surface area contributed by atoms with Crippen LogP contribution >= 0.6 is 0 Å². The fourth-order valence-electron chi connectivity index (χ4n) is 14.9. The first kappa shape index (κ1) is 118. The molecule has 131 heavy (non-hydrogen) atoms. The van der Waals surface area contributed by atoms with Crippen molar-refractivity contribution in [1.82, 2.24) is 0 Å². The molecule has 16 rings (SSSR count). The molecule has 32 heteroatoms. The van der Waals surface area contributed by atoms with E-state index in [0.29, 0.717) is 167 Å². The zero-order valence-corrected chi connectivity index (χ0v) is 86.4. The van der Waals surface area contributed by atoms with Gasteiger partial charge in [-0.05, 0) is 82.0 Å². The van der Waals surface area contributed by atoms with E-state index in [-0.39, 0.29) is 47.2 Å². The van der Waals surface area contributed by atoms with Crippen LogP contribution in [0.1, 0.15) is 245 Å². The minimum Gasteiger partial charge on any atom is -0.381 e. The zero-order chi connectivity index (χ0) is 97.3. The molecule has 0 aromatic rings. The second-order valence-electron chi connectivity index (χ2n) is 43.1. The first-order valence-electron chi connectivity index (χ1n) is 49.5. The van der Waals surface area contributed by atoms with Gasteiger partial charge in [0.1, 0.15) is 59.8 Å². The van der Waals surface area contributed by atoms with Crippen molar-refractivity contribution in [3.05, 3.63) is 0 Å². The molecular weight excluding hydrogens is 1710 g/mol. The summed E-state index contributed by atoms with van der Waals surface area (Å²) in [6.07, 6.45) is 8.67. The van der Waals surface area contributed by atoms with Gasteiger partial charge in [-0.1, -0.05) is 173 Å². The predicted molar refractivity (Wildman–Crippen MR) is 487 cm³/mol. The lowest BCUT2D eigenvalue weighted by molar-refractivity contribution is -0.374. The van der Waals surface area contributed by atoms with E-state index in [1.54, 1.807) is 7.11 Å². The van der Waals surface area contributed by atoms with Crippen LogP contribution in [0.2, 0.25) is 0 Å². The van der Waals surface area contributed by atoms with Gasteiger partial charge in [0.15, 0.2) is 47.8 Å². The SMILES string of the molecule is CC(C)C1(C)OCC2(CO1)OCCO2.CC(C)C1COC(C)(C)OC1.CC(C)C1COC(CF)(CF)OC1.CC(C)C1COC2(CCC2)OC1.CC(C)C1COC2(CCOCC2)OC1.CC(C)C1COCO1.CC(C)C1OCC(C)(C)CO1.CC(C)C1OCC(F)(F)CO1.CC(C)C1OCC2(CC2)CO1.CCC1(C(C)C)OCC2(CO1)OCCO2.COC1OCC(C(C)C)CO1. The molecule has 0 aromatic heterocycles. The predicted octanol–water partition coefficient (Wildman–Crippen LogP) is 18.4. The van der Waals surface area contributed by atoms with E-state index in [1.807, 2.05) is 48.5 Å². The zero-order valence-electron chi connectivity index (χ0n) is 86.4. The van der Waals surface area contributed by atoms with E-state index in [1.165, 1.54) is 19.3 Å². The molecule has 28 nitrogen and oxygen atoms in total. The lowest BCUT2D eigenvalue weighted by atomic mass is 9.88. The van der Waals surface area contributed by atoms with Crippen molar-refractivity contribution in [3.8, 4) is 0 Å². The molecule has 5 spiro atoms. The monoisotopic (exact) mass is 1900 g/mol. The number of methoxy groups -OCH3 is 1. The highest BCUT2D eigenvalue weighted by molar-refractivity contribution is 4.95. The Labute approximate surface area is 786 Å². The van der Waals surface area contributed by atoms with Crippen molar-refractivity contribution in [1.29, 1.82) is 0 Å². The number of halogens is 4. The number of ether oxygens (including phenoxy) is 28. The Balaban J connectivity index is 0.000000223. The maximum atomic E-state index is 12.4. The Hall–Kier alpha value is -1.40. The van der Waals surface area contributed by atoms with Crippen LogP contribution in [0.4, 0.5) is 17.6 Å². The molecule has 1 unspecified atom stereocenters. The minimum atomic E-state index is -2.80. The van der Waals surface area contributed by atoms with Crippen molar-refractivity contribution in [2.24, 2.45) is 106 Å². The summed E-state index contributed by atoms with van der Waals surface area (Å²) in [7, 11) is 1.58. The summed E-state index contributed by atoms with van der Waals surface area (Å²) in [5.74, 6) is 0.435. The average molecular weight is 1900 g/mol. The van der Waals surface area contributed by atoms with Crippen LogP contribution in [0.25, 0.3) is 0 Å². The highest BCUT2D eigenvalue weighted by Crippen LogP contribution is 2.49. The third-order valence-corrected chi connectivity index (χ3v) is 26.8. The molecule has 0 aromatic carbocycles. The highest BCUT2D eigenvalue weighted by atomic mass is 19.3. The second kappa shape index (κ2) is 55.9. The smallest absolute Gasteiger partial charge is 0.293 e. The van der Waals surface area contributed by atoms with Crippen LogP contribution in [0.3, 0.4) is 0 Å². The Morgan fingerprint density at radius 2 is 0.664 bits per heavy atom. The first-order valence-corrected chi connectivity index (χ1v) is 49.5. The molecule has 0 amide bonds. The normalized spacial score (nSPS) is 28.2. The van der Waals surface area contributed by atoms with Gasteiger partial charge < -0.3 is 133 Å². The van der Waals surface area contributed by atoms with E-state index in [4.69, 9.17) is 133 Å². The fourth-order valence-corrected chi connectivity index (χ4v) is 14.9. The van der Waals surface area contributed by atoms with Crippen molar-refractivity contribution in [2.75, 3.05) is 206 Å². The third-order valence-electron chi connectivity index (χ3n) is 26.8. The molecule has 2 saturated carbocycles. The molecule has 14 saturated heterocycles. The molecule has 0 radical (unpaired) electrons. The van der Waals surface area contributed by atoms with Crippen molar-refractivity contribution >= 4 is 0 Å². The van der Waals surface area contributed by atoms with Gasteiger partial charge in [0.2, 0.25) is 17.4 Å². The van der Waals surface area contributed by atoms with E-state index >= 15 is 0 Å². The molecule has 16 aliphatic rings. The van der Waals surface area contributed by atoms with E-state index in [0.717, 1.165) is 131 Å². The van der Waals surface area contributed by atoms with E-state index in [2.05, 4.69) is 145 Å². The molecule has 14 aliphatic heterocycles. The maximum Gasteiger partial charge on any atom is 0.293 e. The van der Waals surface area contributed by atoms with Gasteiger partial charge in [0.05, 0.1) is 145 Å². The van der Waals surface area contributed by atoms with Gasteiger partial charge >= 0.3 is 0 Å². The summed E-state index contributed by atoms with van der Waals surface area (Å²) in [6, 6.07) is 0. The van der Waals surface area contributed by atoms with Crippen LogP contribution in [0.5, 0.6) is 0 Å². The summed E-state index contributed by atoms with van der Waals surface area (Å²) in [5.41, 5.74) is 0.650. The van der Waals surface area contributed by atoms with Crippen LogP contribution in [-0.4, -0.2) is 289 Å². The molecule has 0 N–H and O–H groups in total. The largest absolute Gasteiger partial charge is 0.381 e. The van der Waals surface area contributed by atoms with Crippen LogP contribution < -0.4 is 0 Å². The van der Waals surface area contributed by atoms with Gasteiger partial charge in [0, 0.05) is 103 Å². The number of hydrogen-bond acceptors (Lipinski definition) is 28. The van der Waals surface area contributed by atoms with Gasteiger partial charge in [-0.3, -0.25) is 0 Å². The van der Waals surface area contributed by atoms with Crippen molar-refractivity contribution in [3.63, 3.8) is 0 Å². The van der Waals surface area contributed by atoms with Crippen LogP contribution in [-0.2, 0) is 133 Å². The lowest BCUT2D eigenvalue weighted by Crippen LogP contribution is -2.56. The molecule has 2 aliphatic carbocycles. The number of alkyl halides is 4. The first-order chi connectivity index (χ1) is 61.6. The number of hydrogen-bond donors (Lipinski definition) is 0. The van der Waals surface area contributed by atoms with Crippen molar-refractivity contribution < 1.29 is 150 Å². The molecule has 776 valence electrons. The summed E-state index contributed by atoms with van der Waals surface area (Å²) < 4.78 is 202. The van der Waals surface area contributed by atoms with Crippen LogP contribution in [0.15, 0.2) is 0 Å². The Morgan fingerprint density at radius 1 is 0.313 bits per heavy atom. The van der Waals surface area contributed by atoms with Gasteiger partial charge in [-0.25, -0.2) is 17.6 Å². The minimum absolute atomic E-state index is 0.0167. The van der Waals surface area contributed by atoms with E-state index in [9.17, 15) is 17.6 Å². The lowest BCUT2D eigenvalue weighted by Gasteiger charge is -2.46. The topological polar surface area (TPSA) is 258 Å². The van der Waals surface area contributed by atoms with Crippen molar-refractivity contribution in [2.45, 2.75) is 329 Å². The Morgan fingerprint density at radius 3 is 0.962 bits per heavy atom. The van der Waals surface area contributed by atoms with Crippen LogP contribution in [0, 0.1) is 106 Å². The Bertz CT molecular complexity index is 2790. The summed E-state index contributed by atoms with van der Waals surface area (Å²) in [5, 5.41) is 0. The highest BCUT2D eigenvalue weighted by Gasteiger charge is 2.52. The van der Waals surface area contributed by atoms with E-state index < -0.39 is 74.2 Å². The summed E-state index contributed by atoms with van der Waals surface area (Å²) in [4.78, 5) is 0. The van der Waals surface area contributed by atoms with Gasteiger partial charge in [-0.2, -0.15) is 0 Å². The van der Waals surface area contributed by atoms with Gasteiger partial charge in [0.25, 0.3) is 12.4 Å². The standard InChI is InChI=1S/C11H20O4.C11H20O3.C10H18O4.C10H18O2.C9H16F2O2.C9H16O2.2C9H18O2.C8H16O3.C7H12F2O2.C6H12O2/c1-4-11(9(2)3)14-7-10(8-15-11)12-5-6-13-10;1-9(2)10-7-13-11(14-8-10)3-5-12-6-4-11;1-8(2)9(3)13-6-10(7-14-9)11-4-5-12-10;1-8(2)9-6-11-10(12-7-9)4-3-5-10;1-7(2)8-3-12-9(5-10,6-11)13-4-8;1-7(2)8-10-5-9(3-4-9)6-11-8;1-7(2)8-10-5-9(3,4)6-11-8;1-7(2)8-5-10-9(3,4)11-6-8;1-6(2)7-4-10-8(9-3)11-5-7;1-5(2)6-10-3-7(8,9)4-11-6;1-5(2)6-3-7-4-8-6/h9H,4-8H2,1-3H3;9-10H,3-8H2,1-2H3;8H,4-7H2,1-3H3;8-9H,3-7H2,1-2H3;7-8H,3-6H2,1-2H3;7-8H,3-6H2,1-2H3;2*7-8H,5-6H2,1-4H3;6-8H,4-5H2,1-3H3;5-6H,3-4H2,1-2H3;5-6H,3-4H2,1-2H3. The molecule has 1 atom stereocenters. The Kier molecular flexibility index (Phi) is 50.4. The quantitative estimate of drug-likeness (QED) is 0.138. The third kappa shape index (κ3) is 39.8. The maximum absolute atomic E-state index is 12.4. The number of rotatable bonds is 15. The summed E-state index contributed by atoms with van der Waals surface area (Å²) in [6.45, 7) is 73.7. The summed E-state index contributed by atoms with van der Waals surface area (Å²) >= 11 is 0. The molecule has 16 fully saturated rings. The second-order valence-corrected chi connectivity index (χ2v) is 43.1. The molecule has 14 heterocycles. The molecular formula is C99H184F4O28. The average Bonchev–Trinajstić information content (AvgIpc) is 1.76. The molecule has 0 bridgehead atoms.